The number of hydrogen-bond acceptors (Lipinski definition) is 12. The third-order valence-corrected chi connectivity index (χ3v) is 10.3. The van der Waals surface area contributed by atoms with Crippen molar-refractivity contribution in [3.8, 4) is 22.6 Å². The van der Waals surface area contributed by atoms with E-state index in [1.165, 1.54) is 24.3 Å². The Kier molecular flexibility index (Phi) is 8.35. The first-order valence-corrected chi connectivity index (χ1v) is 18.3. The molecule has 245 valence electrons. The first kappa shape index (κ1) is 33.8. The molecule has 5 aromatic carbocycles. The molecule has 0 bridgehead atoms. The van der Waals surface area contributed by atoms with Crippen molar-refractivity contribution in [2.24, 2.45) is 10.2 Å². The van der Waals surface area contributed by atoms with Gasteiger partial charge in [0.15, 0.2) is 5.75 Å². The van der Waals surface area contributed by atoms with Gasteiger partial charge in [-0.15, -0.1) is 10.2 Å². The van der Waals surface area contributed by atoms with E-state index in [2.05, 4.69) is 16.3 Å². The van der Waals surface area contributed by atoms with Gasteiger partial charge in [-0.1, -0.05) is 36.4 Å². The second kappa shape index (κ2) is 11.6. The minimum absolute atomic E-state index is 0.0693. The summed E-state index contributed by atoms with van der Waals surface area (Å²) in [5.41, 5.74) is -2.74. The summed E-state index contributed by atoms with van der Waals surface area (Å²) in [5.74, 6) is -1.53. The predicted molar refractivity (Wildman–Crippen MR) is 164 cm³/mol. The van der Waals surface area contributed by atoms with E-state index in [1.807, 2.05) is 0 Å². The number of hydrogen-bond donors (Lipinski definition) is 5. The van der Waals surface area contributed by atoms with E-state index in [4.69, 9.17) is 4.74 Å². The highest BCUT2D eigenvalue weighted by Gasteiger charge is 2.31. The average Bonchev–Trinajstić information content (AvgIpc) is 2.97. The van der Waals surface area contributed by atoms with Crippen LogP contribution in [0.4, 0.5) is 11.4 Å². The van der Waals surface area contributed by atoms with Crippen molar-refractivity contribution in [2.75, 3.05) is 7.11 Å². The molecule has 0 saturated heterocycles. The molecule has 0 unspecified atom stereocenters. The summed E-state index contributed by atoms with van der Waals surface area (Å²) < 4.78 is 144. The van der Waals surface area contributed by atoms with Crippen molar-refractivity contribution >= 4 is 73.4 Å². The topological polar surface area (TPSA) is 272 Å². The van der Waals surface area contributed by atoms with Crippen LogP contribution in [0.5, 0.6) is 11.5 Å². The molecule has 47 heavy (non-hydrogen) atoms. The summed E-state index contributed by atoms with van der Waals surface area (Å²) in [6.45, 7) is 0. The van der Waals surface area contributed by atoms with Gasteiger partial charge in [0.25, 0.3) is 40.5 Å². The van der Waals surface area contributed by atoms with E-state index in [-0.39, 0.29) is 16.2 Å². The van der Waals surface area contributed by atoms with Gasteiger partial charge in [0, 0.05) is 21.9 Å². The van der Waals surface area contributed by atoms with Gasteiger partial charge in [-0.25, -0.2) is 0 Å². The minimum Gasteiger partial charge on any atom is -0.505 e. The normalized spacial score (nSPS) is 13.0. The Bertz CT molecular complexity index is 2620. The van der Waals surface area contributed by atoms with Crippen LogP contribution in [0.3, 0.4) is 0 Å². The van der Waals surface area contributed by atoms with Crippen molar-refractivity contribution in [2.45, 2.75) is 19.6 Å². The Morgan fingerprint density at radius 2 is 1.36 bits per heavy atom. The van der Waals surface area contributed by atoms with Crippen molar-refractivity contribution in [1.82, 2.24) is 0 Å². The fourth-order valence-corrected chi connectivity index (χ4v) is 7.77. The summed E-state index contributed by atoms with van der Waals surface area (Å²) >= 11 is 0. The van der Waals surface area contributed by atoms with Gasteiger partial charge in [-0.05, 0) is 47.2 Å². The standard InChI is InChI=1S/C27H19N2O14S4/c1-43-21-11-10-20(23(27(21)47(40,41)42)19-8-6-14-4-2-3-5-18(14)26(19)46(37,38)39)28-29-24-22(45(34,35)36)13-15-12-16(44(31,32)33)7-9-17(15)25(24)30/h2-8,10-13,30H,1H3,(H,31,32,33)(H,34,35,36)(H,37,38,39)(H,40,41,42). The maximum Gasteiger partial charge on any atom is 0.298 e. The van der Waals surface area contributed by atoms with E-state index < -0.39 is 94.1 Å². The molecule has 0 amide bonds. The summed E-state index contributed by atoms with van der Waals surface area (Å²) in [6.07, 6.45) is 0. The van der Waals surface area contributed by atoms with Crippen LogP contribution in [0, 0.1) is 6.07 Å². The summed E-state index contributed by atoms with van der Waals surface area (Å²) in [6, 6.07) is 14.9. The average molecular weight is 724 g/mol. The molecular weight excluding hydrogens is 705 g/mol. The van der Waals surface area contributed by atoms with Gasteiger partial charge in [0.05, 0.1) is 17.7 Å². The van der Waals surface area contributed by atoms with E-state index >= 15 is 0 Å². The Morgan fingerprint density at radius 3 is 1.96 bits per heavy atom. The SMILES string of the molecule is COc1ccc(N=Nc2c(S(=O)(=O)O)cc3cc(S(=O)(=O)O)c[c]c3c2O)c(-c2ccc3ccccc3c2S(=O)(=O)O)c1S(=O)(=O)O. The van der Waals surface area contributed by atoms with E-state index in [1.54, 1.807) is 6.07 Å². The number of ether oxygens (including phenoxy) is 1. The number of rotatable bonds is 8. The molecule has 0 aromatic heterocycles. The zero-order chi connectivity index (χ0) is 34.7. The molecule has 0 saturated carbocycles. The van der Waals surface area contributed by atoms with Crippen LogP contribution in [0.15, 0.2) is 96.5 Å². The first-order valence-electron chi connectivity index (χ1n) is 12.5. The molecule has 16 nitrogen and oxygen atoms in total. The Labute approximate surface area is 266 Å². The highest BCUT2D eigenvalue weighted by atomic mass is 32.2. The van der Waals surface area contributed by atoms with Crippen molar-refractivity contribution < 1.29 is 61.7 Å². The Balaban J connectivity index is 1.90. The molecule has 5 rings (SSSR count). The van der Waals surface area contributed by atoms with E-state index in [0.29, 0.717) is 11.5 Å². The maximum absolute atomic E-state index is 12.7. The van der Waals surface area contributed by atoms with Crippen LogP contribution in [-0.4, -0.2) is 64.1 Å². The van der Waals surface area contributed by atoms with Gasteiger partial charge < -0.3 is 9.84 Å². The Morgan fingerprint density at radius 1 is 0.702 bits per heavy atom. The quantitative estimate of drug-likeness (QED) is 0.108. The molecular formula is C27H19N2O14S4. The number of phenols is 1. The van der Waals surface area contributed by atoms with Crippen molar-refractivity contribution in [3.05, 3.63) is 72.8 Å². The van der Waals surface area contributed by atoms with Gasteiger partial charge in [0.2, 0.25) is 0 Å². The zero-order valence-corrected chi connectivity index (χ0v) is 26.6. The fourth-order valence-electron chi connectivity index (χ4n) is 4.83. The number of methoxy groups -OCH3 is 1. The van der Waals surface area contributed by atoms with Crippen molar-refractivity contribution in [3.63, 3.8) is 0 Å². The molecule has 0 fully saturated rings. The van der Waals surface area contributed by atoms with E-state index in [9.17, 15) is 57.0 Å². The first-order chi connectivity index (χ1) is 21.7. The summed E-state index contributed by atoms with van der Waals surface area (Å²) in [7, 11) is -19.5. The molecule has 0 spiro atoms. The third-order valence-electron chi connectivity index (χ3n) is 6.74. The van der Waals surface area contributed by atoms with Crippen LogP contribution >= 0.6 is 0 Å². The lowest BCUT2D eigenvalue weighted by atomic mass is 9.99. The predicted octanol–water partition coefficient (Wildman–Crippen LogP) is 4.58. The van der Waals surface area contributed by atoms with Crippen LogP contribution < -0.4 is 4.74 Å². The molecule has 5 N–H and O–H groups in total. The lowest BCUT2D eigenvalue weighted by Gasteiger charge is -2.17. The molecule has 0 aliphatic rings. The molecule has 0 aliphatic carbocycles. The highest BCUT2D eigenvalue weighted by Crippen LogP contribution is 2.47. The highest BCUT2D eigenvalue weighted by molar-refractivity contribution is 7.87. The number of fused-ring (bicyclic) bond motifs is 2. The smallest absolute Gasteiger partial charge is 0.298 e. The number of nitrogens with zero attached hydrogens (tertiary/aromatic N) is 2. The fraction of sp³-hybridized carbons (Fsp3) is 0.0370. The molecule has 20 heteroatoms. The maximum atomic E-state index is 12.7. The van der Waals surface area contributed by atoms with Gasteiger partial charge in [0.1, 0.15) is 26.1 Å². The largest absolute Gasteiger partial charge is 0.505 e. The Hall–Kier alpha value is -4.54. The van der Waals surface area contributed by atoms with Crippen LogP contribution in [0.25, 0.3) is 32.7 Å². The van der Waals surface area contributed by atoms with Gasteiger partial charge >= 0.3 is 0 Å². The second-order valence-corrected chi connectivity index (χ2v) is 15.2. The van der Waals surface area contributed by atoms with E-state index in [0.717, 1.165) is 37.4 Å². The van der Waals surface area contributed by atoms with Gasteiger partial charge in [-0.2, -0.15) is 33.7 Å². The van der Waals surface area contributed by atoms with Crippen LogP contribution in [0.2, 0.25) is 0 Å². The summed E-state index contributed by atoms with van der Waals surface area (Å²) in [4.78, 5) is -3.69. The monoisotopic (exact) mass is 723 g/mol. The second-order valence-electron chi connectivity index (χ2n) is 9.63. The lowest BCUT2D eigenvalue weighted by Crippen LogP contribution is -2.07. The molecule has 5 aromatic rings. The third kappa shape index (κ3) is 6.40. The van der Waals surface area contributed by atoms with Gasteiger partial charge in [-0.3, -0.25) is 18.2 Å². The number of aromatic hydroxyl groups is 1. The number of phenolic OH excluding ortho intramolecular Hbond substituents is 1. The summed E-state index contributed by atoms with van der Waals surface area (Å²) in [5, 5.41) is 18.0. The molecule has 0 atom stereocenters. The minimum atomic E-state index is -5.29. The van der Waals surface area contributed by atoms with Crippen LogP contribution in [0.1, 0.15) is 0 Å². The molecule has 0 heterocycles. The number of azo groups is 1. The zero-order valence-electron chi connectivity index (χ0n) is 23.3. The van der Waals surface area contributed by atoms with Crippen molar-refractivity contribution in [1.29, 1.82) is 0 Å². The van der Waals surface area contributed by atoms with Crippen LogP contribution in [-0.2, 0) is 40.5 Å². The number of benzene rings is 5. The lowest BCUT2D eigenvalue weighted by molar-refractivity contribution is 0.398. The molecule has 1 radical (unpaired) electrons. The molecule has 0 aliphatic heterocycles.